The Morgan fingerprint density at radius 1 is 1.41 bits per heavy atom. The second-order valence-electron chi connectivity index (χ2n) is 4.91. The normalized spacial score (nSPS) is 14.0. The Morgan fingerprint density at radius 3 is 2.68 bits per heavy atom. The number of nitrogens with zero attached hydrogens (tertiary/aromatic N) is 1. The van der Waals surface area contributed by atoms with Gasteiger partial charge >= 0.3 is 0 Å². The van der Waals surface area contributed by atoms with E-state index >= 15 is 0 Å². The lowest BCUT2D eigenvalue weighted by Crippen LogP contribution is -2.36. The number of aliphatic hydroxyl groups excluding tert-OH is 1. The van der Waals surface area contributed by atoms with Crippen LogP contribution in [0.3, 0.4) is 0 Å². The summed E-state index contributed by atoms with van der Waals surface area (Å²) >= 11 is 7.33. The highest BCUT2D eigenvalue weighted by Gasteiger charge is 2.17. The summed E-state index contributed by atoms with van der Waals surface area (Å²) in [4.78, 5) is 16.9. The Balaban J connectivity index is 1.92. The summed E-state index contributed by atoms with van der Waals surface area (Å²) in [5.41, 5.74) is 0.708. The van der Waals surface area contributed by atoms with E-state index in [1.165, 1.54) is 17.4 Å². The monoisotopic (exact) mass is 336 g/mol. The van der Waals surface area contributed by atoms with Crippen molar-refractivity contribution >= 4 is 34.9 Å². The molecule has 1 aromatic carbocycles. The van der Waals surface area contributed by atoms with Gasteiger partial charge in [-0.1, -0.05) is 23.7 Å². The number of aliphatic hydroxyl groups is 1. The van der Waals surface area contributed by atoms with Gasteiger partial charge in [-0.2, -0.15) is 0 Å². The highest BCUT2D eigenvalue weighted by atomic mass is 35.5. The van der Waals surface area contributed by atoms with Crippen molar-refractivity contribution in [3.63, 3.8) is 0 Å². The number of nitrogens with one attached hydrogen (secondary N) is 1. The van der Waals surface area contributed by atoms with Gasteiger partial charge in [-0.05, 0) is 37.6 Å². The number of hydrogen-bond donors (Lipinski definition) is 2. The number of carbonyl (C=O) groups is 1. The molecule has 0 radical (unpaired) electrons. The molecule has 1 aromatic heterocycles. The second-order valence-corrected chi connectivity index (χ2v) is 6.61. The van der Waals surface area contributed by atoms with E-state index in [9.17, 15) is 9.90 Å². The maximum Gasteiger partial charge on any atom is 0.244 e. The Morgan fingerprint density at radius 2 is 2.09 bits per heavy atom. The van der Waals surface area contributed by atoms with Crippen LogP contribution in [0.2, 0.25) is 5.02 Å². The fraction of sp³-hybridized carbons (Fsp3) is 0.250. The first-order valence-corrected chi connectivity index (χ1v) is 7.99. The summed E-state index contributed by atoms with van der Waals surface area (Å²) in [6, 6.07) is 6.49. The number of carbonyl (C=O) groups excluding carboxylic acids is 1. The fourth-order valence-electron chi connectivity index (χ4n) is 1.91. The van der Waals surface area contributed by atoms with E-state index in [0.717, 1.165) is 9.88 Å². The van der Waals surface area contributed by atoms with E-state index in [2.05, 4.69) is 10.3 Å². The van der Waals surface area contributed by atoms with Gasteiger partial charge in [-0.3, -0.25) is 4.79 Å². The molecule has 1 heterocycles. The van der Waals surface area contributed by atoms with Gasteiger partial charge in [0.05, 0.1) is 17.2 Å². The van der Waals surface area contributed by atoms with Crippen LogP contribution >= 0.6 is 22.9 Å². The van der Waals surface area contributed by atoms with Crippen molar-refractivity contribution < 1.29 is 9.90 Å². The van der Waals surface area contributed by atoms with Crippen LogP contribution < -0.4 is 5.32 Å². The summed E-state index contributed by atoms with van der Waals surface area (Å²) in [6.07, 6.45) is 4.08. The molecule has 6 heteroatoms. The molecule has 1 amide bonds. The first-order valence-electron chi connectivity index (χ1n) is 6.80. The van der Waals surface area contributed by atoms with E-state index in [1.807, 2.05) is 6.92 Å². The van der Waals surface area contributed by atoms with Gasteiger partial charge in [0.2, 0.25) is 5.91 Å². The van der Waals surface area contributed by atoms with Crippen LogP contribution in [-0.4, -0.2) is 22.0 Å². The molecule has 4 nitrogen and oxygen atoms in total. The minimum Gasteiger partial charge on any atom is -0.386 e. The van der Waals surface area contributed by atoms with Gasteiger partial charge in [0, 0.05) is 22.2 Å². The largest absolute Gasteiger partial charge is 0.386 e. The van der Waals surface area contributed by atoms with E-state index in [0.29, 0.717) is 10.6 Å². The van der Waals surface area contributed by atoms with Crippen molar-refractivity contribution in [3.8, 4) is 0 Å². The van der Waals surface area contributed by atoms with Crippen LogP contribution in [0, 0.1) is 6.92 Å². The summed E-state index contributed by atoms with van der Waals surface area (Å²) in [6.45, 7) is 3.66. The summed E-state index contributed by atoms with van der Waals surface area (Å²) in [5, 5.41) is 14.5. The molecule has 0 saturated carbocycles. The van der Waals surface area contributed by atoms with Crippen molar-refractivity contribution in [2.75, 3.05) is 0 Å². The van der Waals surface area contributed by atoms with Crippen LogP contribution in [-0.2, 0) is 4.79 Å². The standard InChI is InChI=1S/C16H17ClN2O2S/c1-10(16(21)12-3-5-13(17)6-4-12)19-15(20)8-7-14-9-18-11(2)22-14/h3-10,16,21H,1-2H3,(H,19,20)/b8-7+. The lowest BCUT2D eigenvalue weighted by Gasteiger charge is -2.20. The molecule has 2 N–H and O–H groups in total. The molecule has 2 atom stereocenters. The van der Waals surface area contributed by atoms with Crippen LogP contribution in [0.15, 0.2) is 36.5 Å². The van der Waals surface area contributed by atoms with E-state index < -0.39 is 12.1 Å². The summed E-state index contributed by atoms with van der Waals surface area (Å²) < 4.78 is 0. The molecule has 2 unspecified atom stereocenters. The Labute approximate surface area is 138 Å². The minimum absolute atomic E-state index is 0.258. The zero-order valence-corrected chi connectivity index (χ0v) is 13.9. The third-order valence-electron chi connectivity index (χ3n) is 3.09. The zero-order valence-electron chi connectivity index (χ0n) is 12.3. The molecule has 0 aliphatic heterocycles. The lowest BCUT2D eigenvalue weighted by atomic mass is 10.0. The van der Waals surface area contributed by atoms with Gasteiger partial charge < -0.3 is 10.4 Å². The third kappa shape index (κ3) is 4.66. The summed E-state index contributed by atoms with van der Waals surface area (Å²) in [7, 11) is 0. The molecule has 0 aliphatic carbocycles. The van der Waals surface area contributed by atoms with Crippen LogP contribution in [0.1, 0.15) is 28.5 Å². The highest BCUT2D eigenvalue weighted by Crippen LogP contribution is 2.19. The van der Waals surface area contributed by atoms with Crippen LogP contribution in [0.5, 0.6) is 0 Å². The topological polar surface area (TPSA) is 62.2 Å². The third-order valence-corrected chi connectivity index (χ3v) is 4.22. The van der Waals surface area contributed by atoms with Crippen molar-refractivity contribution in [1.29, 1.82) is 0 Å². The van der Waals surface area contributed by atoms with E-state index in [4.69, 9.17) is 11.6 Å². The fourth-order valence-corrected chi connectivity index (χ4v) is 2.73. The number of aromatic nitrogens is 1. The number of benzene rings is 1. The second kappa shape index (κ2) is 7.54. The average Bonchev–Trinajstić information content (AvgIpc) is 2.91. The van der Waals surface area contributed by atoms with E-state index in [1.54, 1.807) is 43.5 Å². The molecule has 116 valence electrons. The predicted molar refractivity (Wildman–Crippen MR) is 89.9 cm³/mol. The van der Waals surface area contributed by atoms with E-state index in [-0.39, 0.29) is 5.91 Å². The molecule has 0 spiro atoms. The van der Waals surface area contributed by atoms with Crippen LogP contribution in [0.4, 0.5) is 0 Å². The quantitative estimate of drug-likeness (QED) is 0.823. The molecular formula is C16H17ClN2O2S. The molecule has 0 bridgehead atoms. The first-order chi connectivity index (χ1) is 10.5. The van der Waals surface area contributed by atoms with Gasteiger partial charge in [0.1, 0.15) is 0 Å². The predicted octanol–water partition coefficient (Wildman–Crippen LogP) is 3.36. The number of halogens is 1. The van der Waals surface area contributed by atoms with Gasteiger partial charge in [-0.25, -0.2) is 4.98 Å². The number of hydrogen-bond acceptors (Lipinski definition) is 4. The Bertz CT molecular complexity index is 667. The maximum atomic E-state index is 11.9. The van der Waals surface area contributed by atoms with Crippen molar-refractivity contribution in [2.24, 2.45) is 0 Å². The SMILES string of the molecule is Cc1ncc(/C=C/C(=O)NC(C)C(O)c2ccc(Cl)cc2)s1. The lowest BCUT2D eigenvalue weighted by molar-refractivity contribution is -0.117. The maximum absolute atomic E-state index is 11.9. The highest BCUT2D eigenvalue weighted by molar-refractivity contribution is 7.12. The van der Waals surface area contributed by atoms with Crippen molar-refractivity contribution in [3.05, 3.63) is 57.0 Å². The van der Waals surface area contributed by atoms with Crippen molar-refractivity contribution in [1.82, 2.24) is 10.3 Å². The zero-order chi connectivity index (χ0) is 16.1. The molecule has 0 aliphatic rings. The molecule has 0 saturated heterocycles. The van der Waals surface area contributed by atoms with Gasteiger partial charge in [0.15, 0.2) is 0 Å². The minimum atomic E-state index is -0.791. The van der Waals surface area contributed by atoms with Gasteiger partial charge in [-0.15, -0.1) is 11.3 Å². The number of thiazole rings is 1. The Kier molecular flexibility index (Phi) is 5.71. The Hall–Kier alpha value is -1.69. The van der Waals surface area contributed by atoms with Crippen LogP contribution in [0.25, 0.3) is 6.08 Å². The average molecular weight is 337 g/mol. The summed E-state index contributed by atoms with van der Waals surface area (Å²) in [5.74, 6) is -0.258. The molecule has 2 aromatic rings. The van der Waals surface area contributed by atoms with Crippen molar-refractivity contribution in [2.45, 2.75) is 26.0 Å². The van der Waals surface area contributed by atoms with Gasteiger partial charge in [0.25, 0.3) is 0 Å². The number of amides is 1. The molecule has 2 rings (SSSR count). The first kappa shape index (κ1) is 16.7. The smallest absolute Gasteiger partial charge is 0.244 e. The number of aryl methyl sites for hydroxylation is 1. The molecule has 22 heavy (non-hydrogen) atoms. The molecule has 0 fully saturated rings. The molecular weight excluding hydrogens is 320 g/mol. The number of rotatable bonds is 5.